The predicted molar refractivity (Wildman–Crippen MR) is 101 cm³/mol. The van der Waals surface area contributed by atoms with Crippen molar-refractivity contribution in [3.8, 4) is 11.4 Å². The number of imidazole rings is 1. The molecule has 0 unspecified atom stereocenters. The van der Waals surface area contributed by atoms with Crippen molar-refractivity contribution >= 4 is 21.9 Å². The van der Waals surface area contributed by atoms with E-state index in [1.54, 1.807) is 0 Å². The molecule has 0 amide bonds. The average molecular weight is 317 g/mol. The molecular weight excluding hydrogens is 294 g/mol. The van der Waals surface area contributed by atoms with E-state index in [4.69, 9.17) is 4.98 Å². The minimum absolute atomic E-state index is 1.02. The van der Waals surface area contributed by atoms with Crippen LogP contribution in [0, 0.1) is 0 Å². The van der Waals surface area contributed by atoms with Gasteiger partial charge in [0.2, 0.25) is 0 Å². The maximum atomic E-state index is 4.97. The van der Waals surface area contributed by atoms with E-state index in [-0.39, 0.29) is 0 Å². The normalized spacial score (nSPS) is 11.6. The molecule has 2 aromatic heterocycles. The summed E-state index contributed by atoms with van der Waals surface area (Å²) in [6.07, 6.45) is 5.88. The quantitative estimate of drug-likeness (QED) is 0.453. The van der Waals surface area contributed by atoms with Crippen molar-refractivity contribution in [1.82, 2.24) is 14.1 Å². The lowest BCUT2D eigenvalue weighted by Crippen LogP contribution is -2.00. The van der Waals surface area contributed by atoms with Crippen molar-refractivity contribution in [2.24, 2.45) is 7.05 Å². The molecule has 4 aromatic rings. The molecule has 3 nitrogen and oxygen atoms in total. The average Bonchev–Trinajstić information content (AvgIpc) is 3.14. The van der Waals surface area contributed by atoms with Crippen LogP contribution in [-0.4, -0.2) is 14.1 Å². The number of benzene rings is 2. The van der Waals surface area contributed by atoms with Crippen LogP contribution in [0.4, 0.5) is 0 Å². The van der Waals surface area contributed by atoms with Gasteiger partial charge >= 0.3 is 0 Å². The maximum absolute atomic E-state index is 4.97. The molecule has 0 bridgehead atoms. The first-order valence-electron chi connectivity index (χ1n) is 8.79. The monoisotopic (exact) mass is 317 g/mol. The fourth-order valence-corrected chi connectivity index (χ4v) is 3.55. The topological polar surface area (TPSA) is 22.8 Å². The molecular formula is C21H23N3. The largest absolute Gasteiger partial charge is 0.350 e. The van der Waals surface area contributed by atoms with Gasteiger partial charge in [-0.3, -0.25) is 0 Å². The van der Waals surface area contributed by atoms with Gasteiger partial charge in [-0.25, -0.2) is 4.98 Å². The number of para-hydroxylation sites is 3. The van der Waals surface area contributed by atoms with Gasteiger partial charge in [-0.2, -0.15) is 0 Å². The molecule has 24 heavy (non-hydrogen) atoms. The molecule has 0 aliphatic carbocycles. The molecule has 3 heteroatoms. The highest BCUT2D eigenvalue weighted by molar-refractivity contribution is 5.96. The van der Waals surface area contributed by atoms with Gasteiger partial charge in [-0.1, -0.05) is 50.1 Å². The van der Waals surface area contributed by atoms with Gasteiger partial charge in [0.15, 0.2) is 0 Å². The lowest BCUT2D eigenvalue weighted by Gasteiger charge is -2.08. The third-order valence-electron chi connectivity index (χ3n) is 4.78. The number of aryl methyl sites for hydroxylation is 2. The van der Waals surface area contributed by atoms with Crippen LogP contribution in [0.25, 0.3) is 33.3 Å². The van der Waals surface area contributed by atoms with Crippen LogP contribution in [0.2, 0.25) is 0 Å². The van der Waals surface area contributed by atoms with Gasteiger partial charge in [0.1, 0.15) is 5.82 Å². The first kappa shape index (κ1) is 15.0. The number of hydrogen-bond donors (Lipinski definition) is 0. The number of aromatic nitrogens is 3. The van der Waals surface area contributed by atoms with E-state index < -0.39 is 0 Å². The Hall–Kier alpha value is -2.55. The van der Waals surface area contributed by atoms with Gasteiger partial charge in [0.25, 0.3) is 0 Å². The number of fused-ring (bicyclic) bond motifs is 2. The van der Waals surface area contributed by atoms with Gasteiger partial charge < -0.3 is 9.13 Å². The molecule has 2 aromatic carbocycles. The van der Waals surface area contributed by atoms with Crippen molar-refractivity contribution in [2.75, 3.05) is 0 Å². The molecule has 0 saturated heterocycles. The zero-order chi connectivity index (χ0) is 16.5. The Morgan fingerprint density at radius 3 is 2.50 bits per heavy atom. The number of rotatable bonds is 5. The Kier molecular flexibility index (Phi) is 3.85. The summed E-state index contributed by atoms with van der Waals surface area (Å²) in [5.41, 5.74) is 4.79. The van der Waals surface area contributed by atoms with E-state index >= 15 is 0 Å². The van der Waals surface area contributed by atoms with Gasteiger partial charge in [-0.05, 0) is 24.6 Å². The van der Waals surface area contributed by atoms with E-state index in [9.17, 15) is 0 Å². The Morgan fingerprint density at radius 2 is 1.67 bits per heavy atom. The van der Waals surface area contributed by atoms with Crippen LogP contribution in [0.1, 0.15) is 26.2 Å². The summed E-state index contributed by atoms with van der Waals surface area (Å²) in [5.74, 6) is 1.09. The summed E-state index contributed by atoms with van der Waals surface area (Å²) in [6, 6.07) is 17.0. The summed E-state index contributed by atoms with van der Waals surface area (Å²) in [6.45, 7) is 3.27. The van der Waals surface area contributed by atoms with Crippen molar-refractivity contribution in [2.45, 2.75) is 32.7 Å². The van der Waals surface area contributed by atoms with Crippen molar-refractivity contribution < 1.29 is 0 Å². The first-order valence-corrected chi connectivity index (χ1v) is 8.79. The predicted octanol–water partition coefficient (Wildman–Crippen LogP) is 5.39. The second kappa shape index (κ2) is 6.16. The van der Waals surface area contributed by atoms with Crippen molar-refractivity contribution in [1.29, 1.82) is 0 Å². The van der Waals surface area contributed by atoms with E-state index in [1.165, 1.54) is 41.2 Å². The molecule has 0 fully saturated rings. The molecule has 0 aliphatic heterocycles. The second-order valence-electron chi connectivity index (χ2n) is 6.45. The Morgan fingerprint density at radius 1 is 0.917 bits per heavy atom. The van der Waals surface area contributed by atoms with Gasteiger partial charge in [-0.15, -0.1) is 0 Å². The van der Waals surface area contributed by atoms with Gasteiger partial charge in [0, 0.05) is 36.3 Å². The lowest BCUT2D eigenvalue weighted by molar-refractivity contribution is 0.617. The molecule has 0 atom stereocenters. The fourth-order valence-electron chi connectivity index (χ4n) is 3.55. The van der Waals surface area contributed by atoms with Crippen molar-refractivity contribution in [3.05, 3.63) is 54.7 Å². The van der Waals surface area contributed by atoms with E-state index in [1.807, 2.05) is 0 Å². The summed E-state index contributed by atoms with van der Waals surface area (Å²) < 4.78 is 4.59. The summed E-state index contributed by atoms with van der Waals surface area (Å²) in [4.78, 5) is 4.97. The van der Waals surface area contributed by atoms with Crippen LogP contribution < -0.4 is 0 Å². The zero-order valence-corrected chi connectivity index (χ0v) is 14.4. The molecule has 0 aliphatic rings. The van der Waals surface area contributed by atoms with Crippen LogP contribution in [0.5, 0.6) is 0 Å². The highest BCUT2D eigenvalue weighted by Gasteiger charge is 2.16. The Bertz CT molecular complexity index is 991. The smallest absolute Gasteiger partial charge is 0.143 e. The zero-order valence-electron chi connectivity index (χ0n) is 14.4. The molecule has 0 radical (unpaired) electrons. The van der Waals surface area contributed by atoms with E-state index in [0.29, 0.717) is 0 Å². The Labute approximate surface area is 142 Å². The Balaban J connectivity index is 1.93. The van der Waals surface area contributed by atoms with E-state index in [2.05, 4.69) is 77.8 Å². The molecule has 0 N–H and O–H groups in total. The third-order valence-corrected chi connectivity index (χ3v) is 4.78. The van der Waals surface area contributed by atoms with E-state index in [0.717, 1.165) is 17.9 Å². The molecule has 2 heterocycles. The fraction of sp³-hybridized carbons (Fsp3) is 0.286. The SMILES string of the molecule is CCCCCn1c(-c2cn(C)c3ccccc23)nc2ccccc21. The second-order valence-corrected chi connectivity index (χ2v) is 6.45. The molecule has 4 rings (SSSR count). The lowest BCUT2D eigenvalue weighted by atomic mass is 10.1. The summed E-state index contributed by atoms with van der Waals surface area (Å²) in [5, 5.41) is 1.27. The van der Waals surface area contributed by atoms with Crippen molar-refractivity contribution in [3.63, 3.8) is 0 Å². The maximum Gasteiger partial charge on any atom is 0.143 e. The number of hydrogen-bond acceptors (Lipinski definition) is 1. The van der Waals surface area contributed by atoms with Crippen LogP contribution >= 0.6 is 0 Å². The summed E-state index contributed by atoms with van der Waals surface area (Å²) >= 11 is 0. The number of unbranched alkanes of at least 4 members (excludes halogenated alkanes) is 2. The minimum atomic E-state index is 1.02. The highest BCUT2D eigenvalue weighted by atomic mass is 15.1. The molecule has 122 valence electrons. The standard InChI is InChI=1S/C21H23N3/c1-3-4-9-14-24-20-13-8-6-11-18(20)22-21(24)17-15-23(2)19-12-7-5-10-16(17)19/h5-8,10-13,15H,3-4,9,14H2,1-2H3. The third kappa shape index (κ3) is 2.41. The van der Waals surface area contributed by atoms with Crippen LogP contribution in [0.15, 0.2) is 54.7 Å². The van der Waals surface area contributed by atoms with Crippen LogP contribution in [0.3, 0.4) is 0 Å². The van der Waals surface area contributed by atoms with Gasteiger partial charge in [0.05, 0.1) is 11.0 Å². The minimum Gasteiger partial charge on any atom is -0.350 e. The first-order chi connectivity index (χ1) is 11.8. The van der Waals surface area contributed by atoms with Crippen LogP contribution in [-0.2, 0) is 13.6 Å². The summed E-state index contributed by atoms with van der Waals surface area (Å²) in [7, 11) is 2.11. The molecule has 0 spiro atoms. The molecule has 0 saturated carbocycles. The highest BCUT2D eigenvalue weighted by Crippen LogP contribution is 2.32. The number of nitrogens with zero attached hydrogens (tertiary/aromatic N) is 3.